The zero-order valence-electron chi connectivity index (χ0n) is 17.4. The van der Waals surface area contributed by atoms with E-state index >= 15 is 0 Å². The number of carbonyl (C=O) groups excluding carboxylic acids is 1. The minimum Gasteiger partial charge on any atom is -0.460 e. The summed E-state index contributed by atoms with van der Waals surface area (Å²) >= 11 is 0. The summed E-state index contributed by atoms with van der Waals surface area (Å²) in [5.41, 5.74) is -0.683. The third kappa shape index (κ3) is 4.02. The second-order valence-electron chi connectivity index (χ2n) is 9.48. The van der Waals surface area contributed by atoms with Crippen molar-refractivity contribution in [2.24, 2.45) is 5.92 Å². The molecule has 8 heteroatoms. The molecule has 0 amide bonds. The van der Waals surface area contributed by atoms with Crippen molar-refractivity contribution in [2.45, 2.75) is 103 Å². The van der Waals surface area contributed by atoms with Gasteiger partial charge in [-0.2, -0.15) is 0 Å². The van der Waals surface area contributed by atoms with E-state index in [0.29, 0.717) is 6.61 Å². The van der Waals surface area contributed by atoms with Crippen molar-refractivity contribution in [3.63, 3.8) is 0 Å². The summed E-state index contributed by atoms with van der Waals surface area (Å²) in [6.45, 7) is 14.3. The lowest BCUT2D eigenvalue weighted by molar-refractivity contribution is -0.301. The van der Waals surface area contributed by atoms with Crippen LogP contribution in [0, 0.1) is 5.92 Å². The van der Waals surface area contributed by atoms with E-state index in [1.165, 1.54) is 0 Å². The van der Waals surface area contributed by atoms with Crippen LogP contribution in [-0.4, -0.2) is 65.1 Å². The van der Waals surface area contributed by atoms with E-state index in [1.807, 2.05) is 13.8 Å². The van der Waals surface area contributed by atoms with Crippen molar-refractivity contribution in [1.29, 1.82) is 0 Å². The van der Waals surface area contributed by atoms with Crippen LogP contribution >= 0.6 is 0 Å². The maximum Gasteiger partial charge on any atom is 0.314 e. The summed E-state index contributed by atoms with van der Waals surface area (Å²) in [5, 5.41) is 11.4. The molecule has 3 aliphatic heterocycles. The molecule has 0 aromatic rings. The SMILES string of the molecule is C[C@H](C(=O)OC(C)(C)C)[C@]1(O)O[C@H]([C@H]2COC(C)(C)O2)[C@@H]2OC(C)(C)O[C@@H]21. The zero-order valence-corrected chi connectivity index (χ0v) is 17.4. The van der Waals surface area contributed by atoms with Gasteiger partial charge in [-0.25, -0.2) is 0 Å². The minimum atomic E-state index is -1.90. The van der Waals surface area contributed by atoms with Gasteiger partial charge in [0, 0.05) is 0 Å². The molecule has 3 fully saturated rings. The lowest BCUT2D eigenvalue weighted by Crippen LogP contribution is -2.52. The van der Waals surface area contributed by atoms with Crippen LogP contribution < -0.4 is 0 Å². The number of ether oxygens (including phenoxy) is 6. The molecular formula is C19H32O8. The van der Waals surface area contributed by atoms with Gasteiger partial charge in [-0.15, -0.1) is 0 Å². The Bertz CT molecular complexity index is 595. The number of esters is 1. The highest BCUT2D eigenvalue weighted by molar-refractivity contribution is 5.74. The highest BCUT2D eigenvalue weighted by atomic mass is 16.8. The van der Waals surface area contributed by atoms with E-state index in [2.05, 4.69) is 0 Å². The number of hydrogen-bond donors (Lipinski definition) is 1. The summed E-state index contributed by atoms with van der Waals surface area (Å²) in [4.78, 5) is 12.6. The zero-order chi connectivity index (χ0) is 20.4. The van der Waals surface area contributed by atoms with Gasteiger partial charge < -0.3 is 33.5 Å². The van der Waals surface area contributed by atoms with Gasteiger partial charge in [0.15, 0.2) is 11.6 Å². The second kappa shape index (κ2) is 6.37. The molecule has 0 unspecified atom stereocenters. The molecule has 1 N–H and O–H groups in total. The third-order valence-corrected chi connectivity index (χ3v) is 4.96. The normalized spacial score (nSPS) is 41.4. The molecule has 0 spiro atoms. The molecule has 0 radical (unpaired) electrons. The molecule has 0 saturated carbocycles. The van der Waals surface area contributed by atoms with Crippen LogP contribution in [-0.2, 0) is 33.2 Å². The molecule has 8 nitrogen and oxygen atoms in total. The quantitative estimate of drug-likeness (QED) is 0.731. The Morgan fingerprint density at radius 1 is 1.04 bits per heavy atom. The third-order valence-electron chi connectivity index (χ3n) is 4.96. The van der Waals surface area contributed by atoms with Crippen molar-refractivity contribution in [3.05, 3.63) is 0 Å². The van der Waals surface area contributed by atoms with Gasteiger partial charge in [-0.05, 0) is 55.4 Å². The van der Waals surface area contributed by atoms with Crippen LogP contribution in [0.5, 0.6) is 0 Å². The maximum absolute atomic E-state index is 12.6. The molecule has 3 saturated heterocycles. The fourth-order valence-electron chi connectivity index (χ4n) is 3.77. The lowest BCUT2D eigenvalue weighted by Gasteiger charge is -2.35. The van der Waals surface area contributed by atoms with Crippen molar-refractivity contribution >= 4 is 5.97 Å². The molecule has 3 heterocycles. The van der Waals surface area contributed by atoms with Gasteiger partial charge in [-0.3, -0.25) is 4.79 Å². The Morgan fingerprint density at radius 3 is 2.19 bits per heavy atom. The van der Waals surface area contributed by atoms with Gasteiger partial charge in [-0.1, -0.05) is 0 Å². The highest BCUT2D eigenvalue weighted by Gasteiger charge is 2.68. The summed E-state index contributed by atoms with van der Waals surface area (Å²) in [6.07, 6.45) is -2.55. The van der Waals surface area contributed by atoms with Crippen LogP contribution in [0.2, 0.25) is 0 Å². The van der Waals surface area contributed by atoms with Gasteiger partial charge in [0.2, 0.25) is 5.79 Å². The predicted molar refractivity (Wildman–Crippen MR) is 93.6 cm³/mol. The first-order valence-electron chi connectivity index (χ1n) is 9.44. The number of aliphatic hydroxyl groups is 1. The lowest BCUT2D eigenvalue weighted by atomic mass is 9.93. The molecule has 3 aliphatic rings. The topological polar surface area (TPSA) is 92.7 Å². The summed E-state index contributed by atoms with van der Waals surface area (Å²) in [5.74, 6) is -5.13. The fraction of sp³-hybridized carbons (Fsp3) is 0.947. The summed E-state index contributed by atoms with van der Waals surface area (Å²) < 4.78 is 34.9. The number of rotatable bonds is 3. The molecule has 6 atom stereocenters. The van der Waals surface area contributed by atoms with Crippen molar-refractivity contribution in [1.82, 2.24) is 0 Å². The van der Waals surface area contributed by atoms with Crippen LogP contribution in [0.1, 0.15) is 55.4 Å². The Kier molecular flexibility index (Phi) is 4.94. The van der Waals surface area contributed by atoms with Gasteiger partial charge in [0.1, 0.15) is 35.9 Å². The first-order chi connectivity index (χ1) is 12.1. The molecular weight excluding hydrogens is 356 g/mol. The van der Waals surface area contributed by atoms with E-state index < -0.39 is 59.3 Å². The largest absolute Gasteiger partial charge is 0.460 e. The Labute approximate surface area is 160 Å². The first-order valence-corrected chi connectivity index (χ1v) is 9.44. The monoisotopic (exact) mass is 388 g/mol. The summed E-state index contributed by atoms with van der Waals surface area (Å²) in [7, 11) is 0. The number of fused-ring (bicyclic) bond motifs is 1. The van der Waals surface area contributed by atoms with E-state index in [-0.39, 0.29) is 0 Å². The predicted octanol–water partition coefficient (Wildman–Crippen LogP) is 1.72. The molecule has 3 rings (SSSR count). The van der Waals surface area contributed by atoms with Gasteiger partial charge in [0.05, 0.1) is 6.61 Å². The van der Waals surface area contributed by atoms with Crippen LogP contribution in [0.25, 0.3) is 0 Å². The van der Waals surface area contributed by atoms with Gasteiger partial charge in [0.25, 0.3) is 0 Å². The molecule has 0 bridgehead atoms. The molecule has 0 aliphatic carbocycles. The molecule has 0 aromatic heterocycles. The first kappa shape index (κ1) is 21.0. The van der Waals surface area contributed by atoms with Crippen molar-refractivity contribution in [3.8, 4) is 0 Å². The Hall–Kier alpha value is -0.770. The maximum atomic E-state index is 12.6. The van der Waals surface area contributed by atoms with E-state index in [4.69, 9.17) is 28.4 Å². The standard InChI is InChI=1S/C19H32O8/c1-10(15(20)27-16(2,3)4)19(21)14-13(24-18(7,8)26-14)12(25-19)11-9-22-17(5,6)23-11/h10-14,21H,9H2,1-8H3/t10-,11-,12-,13+,14+,19+/m1/s1. The van der Waals surface area contributed by atoms with Crippen molar-refractivity contribution in [2.75, 3.05) is 6.61 Å². The van der Waals surface area contributed by atoms with E-state index in [1.54, 1.807) is 41.5 Å². The van der Waals surface area contributed by atoms with Gasteiger partial charge >= 0.3 is 5.97 Å². The highest BCUT2D eigenvalue weighted by Crippen LogP contribution is 2.48. The molecule has 0 aromatic carbocycles. The minimum absolute atomic E-state index is 0.293. The Balaban J connectivity index is 1.86. The number of hydrogen-bond acceptors (Lipinski definition) is 8. The molecule has 27 heavy (non-hydrogen) atoms. The van der Waals surface area contributed by atoms with Crippen LogP contribution in [0.3, 0.4) is 0 Å². The van der Waals surface area contributed by atoms with Crippen molar-refractivity contribution < 1.29 is 38.3 Å². The average molecular weight is 388 g/mol. The summed E-state index contributed by atoms with van der Waals surface area (Å²) in [6, 6.07) is 0. The van der Waals surface area contributed by atoms with Crippen LogP contribution in [0.4, 0.5) is 0 Å². The van der Waals surface area contributed by atoms with E-state index in [9.17, 15) is 9.90 Å². The fourth-order valence-corrected chi connectivity index (χ4v) is 3.77. The average Bonchev–Trinajstić information content (AvgIpc) is 3.08. The molecule has 156 valence electrons. The number of carbonyl (C=O) groups is 1. The second-order valence-corrected chi connectivity index (χ2v) is 9.48. The Morgan fingerprint density at radius 2 is 1.67 bits per heavy atom. The smallest absolute Gasteiger partial charge is 0.314 e. The van der Waals surface area contributed by atoms with E-state index in [0.717, 1.165) is 0 Å². The van der Waals surface area contributed by atoms with Crippen LogP contribution in [0.15, 0.2) is 0 Å².